The SMILES string of the molecule is COCC(=O)N1CCC(NC(=O)c2c[nH]c3c(-c4cc(OC)ccc4OCC4CC4)ncnc23)CC1. The molecule has 2 fully saturated rings. The number of carbonyl (C=O) groups is 2. The van der Waals surface area contributed by atoms with E-state index >= 15 is 0 Å². The summed E-state index contributed by atoms with van der Waals surface area (Å²) in [5.41, 5.74) is 3.08. The molecule has 2 N–H and O–H groups in total. The lowest BCUT2D eigenvalue weighted by Gasteiger charge is -2.32. The molecule has 1 saturated heterocycles. The maximum absolute atomic E-state index is 13.2. The zero-order chi connectivity index (χ0) is 25.1. The van der Waals surface area contributed by atoms with Gasteiger partial charge in [-0.25, -0.2) is 9.97 Å². The van der Waals surface area contributed by atoms with Crippen molar-refractivity contribution in [2.24, 2.45) is 5.92 Å². The van der Waals surface area contributed by atoms with E-state index in [1.807, 2.05) is 18.2 Å². The summed E-state index contributed by atoms with van der Waals surface area (Å²) in [7, 11) is 3.13. The van der Waals surface area contributed by atoms with Crippen molar-refractivity contribution in [1.82, 2.24) is 25.2 Å². The number of likely N-dealkylation sites (tertiary alicyclic amines) is 1. The number of methoxy groups -OCH3 is 2. The molecule has 0 radical (unpaired) electrons. The van der Waals surface area contributed by atoms with Gasteiger partial charge in [-0.2, -0.15) is 0 Å². The Morgan fingerprint density at radius 2 is 1.94 bits per heavy atom. The van der Waals surface area contributed by atoms with Crippen LogP contribution in [0.1, 0.15) is 36.0 Å². The molecule has 5 rings (SSSR count). The van der Waals surface area contributed by atoms with E-state index in [0.717, 1.165) is 11.3 Å². The highest BCUT2D eigenvalue weighted by atomic mass is 16.5. The summed E-state index contributed by atoms with van der Waals surface area (Å²) in [4.78, 5) is 39.1. The molecular formula is C26H31N5O5. The molecule has 0 bridgehead atoms. The molecule has 2 amide bonds. The van der Waals surface area contributed by atoms with Gasteiger partial charge in [-0.1, -0.05) is 0 Å². The number of piperidine rings is 1. The highest BCUT2D eigenvalue weighted by molar-refractivity contribution is 6.08. The standard InChI is InChI=1S/C26H31N5O5/c1-34-14-22(32)31-9-7-17(8-10-31)30-26(33)20-12-27-25-23(28-15-29-24(20)25)19-11-18(35-2)5-6-21(19)36-13-16-3-4-16/h5-6,11-12,15-17,27H,3-4,7-10,13-14H2,1-2H3,(H,30,33). The van der Waals surface area contributed by atoms with Crippen LogP contribution < -0.4 is 14.8 Å². The number of aromatic amines is 1. The van der Waals surface area contributed by atoms with Gasteiger partial charge >= 0.3 is 0 Å². The highest BCUT2D eigenvalue weighted by Crippen LogP contribution is 2.37. The minimum atomic E-state index is -0.205. The Balaban J connectivity index is 1.35. The van der Waals surface area contributed by atoms with Gasteiger partial charge in [-0.15, -0.1) is 0 Å². The minimum absolute atomic E-state index is 0.0174. The average Bonchev–Trinajstić information content (AvgIpc) is 3.63. The molecule has 36 heavy (non-hydrogen) atoms. The number of fused-ring (bicyclic) bond motifs is 1. The van der Waals surface area contributed by atoms with E-state index in [2.05, 4.69) is 20.3 Å². The van der Waals surface area contributed by atoms with Crippen LogP contribution in [0.3, 0.4) is 0 Å². The molecule has 0 atom stereocenters. The molecule has 0 unspecified atom stereocenters. The lowest BCUT2D eigenvalue weighted by Crippen LogP contribution is -2.47. The van der Waals surface area contributed by atoms with Crippen LogP contribution in [0.15, 0.2) is 30.7 Å². The van der Waals surface area contributed by atoms with Gasteiger partial charge in [0.05, 0.1) is 24.8 Å². The van der Waals surface area contributed by atoms with Gasteiger partial charge in [-0.3, -0.25) is 9.59 Å². The molecule has 10 nitrogen and oxygen atoms in total. The fourth-order valence-electron chi connectivity index (χ4n) is 4.51. The molecule has 1 saturated carbocycles. The van der Waals surface area contributed by atoms with Crippen LogP contribution in [-0.2, 0) is 9.53 Å². The summed E-state index contributed by atoms with van der Waals surface area (Å²) in [5, 5.41) is 3.10. The predicted octanol–water partition coefficient (Wildman–Crippen LogP) is 2.79. The second-order valence-electron chi connectivity index (χ2n) is 9.33. The minimum Gasteiger partial charge on any atom is -0.497 e. The molecule has 10 heteroatoms. The van der Waals surface area contributed by atoms with Gasteiger partial charge in [-0.05, 0) is 49.8 Å². The van der Waals surface area contributed by atoms with E-state index in [1.165, 1.54) is 26.3 Å². The highest BCUT2D eigenvalue weighted by Gasteiger charge is 2.26. The maximum atomic E-state index is 13.2. The number of amides is 2. The number of H-pyrrole nitrogens is 1. The third-order valence-corrected chi connectivity index (χ3v) is 6.77. The zero-order valence-electron chi connectivity index (χ0n) is 20.6. The van der Waals surface area contributed by atoms with E-state index in [1.54, 1.807) is 18.2 Å². The number of benzene rings is 1. The Labute approximate surface area is 209 Å². The van der Waals surface area contributed by atoms with E-state index in [0.29, 0.717) is 66.5 Å². The molecular weight excluding hydrogens is 462 g/mol. The summed E-state index contributed by atoms with van der Waals surface area (Å²) in [6, 6.07) is 5.64. The van der Waals surface area contributed by atoms with E-state index < -0.39 is 0 Å². The van der Waals surface area contributed by atoms with Crippen LogP contribution in [0.25, 0.3) is 22.3 Å². The number of nitrogens with one attached hydrogen (secondary N) is 2. The van der Waals surface area contributed by atoms with Crippen molar-refractivity contribution in [1.29, 1.82) is 0 Å². The van der Waals surface area contributed by atoms with E-state index in [-0.39, 0.29) is 24.5 Å². The lowest BCUT2D eigenvalue weighted by atomic mass is 10.0. The van der Waals surface area contributed by atoms with Crippen LogP contribution in [0, 0.1) is 5.92 Å². The van der Waals surface area contributed by atoms with Crippen LogP contribution in [0.2, 0.25) is 0 Å². The topological polar surface area (TPSA) is 119 Å². The Bertz CT molecular complexity index is 1250. The maximum Gasteiger partial charge on any atom is 0.255 e. The second-order valence-corrected chi connectivity index (χ2v) is 9.33. The number of aromatic nitrogens is 3. The number of nitrogens with zero attached hydrogens (tertiary/aromatic N) is 3. The third kappa shape index (κ3) is 5.13. The van der Waals surface area contributed by atoms with Crippen molar-refractivity contribution in [2.75, 3.05) is 40.5 Å². The smallest absolute Gasteiger partial charge is 0.255 e. The summed E-state index contributed by atoms with van der Waals surface area (Å²) < 4.78 is 16.5. The van der Waals surface area contributed by atoms with Crippen LogP contribution in [0.4, 0.5) is 0 Å². The predicted molar refractivity (Wildman–Crippen MR) is 133 cm³/mol. The fraction of sp³-hybridized carbons (Fsp3) is 0.462. The summed E-state index contributed by atoms with van der Waals surface area (Å²) in [6.45, 7) is 1.93. The molecule has 3 aromatic rings. The first kappa shape index (κ1) is 24.1. The molecule has 2 aliphatic rings. The Hall–Kier alpha value is -3.66. The van der Waals surface area contributed by atoms with Crippen LogP contribution in [0.5, 0.6) is 11.5 Å². The Kier molecular flexibility index (Phi) is 7.04. The second kappa shape index (κ2) is 10.5. The van der Waals surface area contributed by atoms with Gasteiger partial charge in [0.25, 0.3) is 5.91 Å². The Morgan fingerprint density at radius 3 is 2.67 bits per heavy atom. The zero-order valence-corrected chi connectivity index (χ0v) is 20.6. The molecule has 1 aliphatic carbocycles. The summed E-state index contributed by atoms with van der Waals surface area (Å²) >= 11 is 0. The van der Waals surface area contributed by atoms with Crippen molar-refractivity contribution < 1.29 is 23.8 Å². The van der Waals surface area contributed by atoms with Gasteiger partial charge < -0.3 is 29.4 Å². The quantitative estimate of drug-likeness (QED) is 0.471. The fourth-order valence-corrected chi connectivity index (χ4v) is 4.51. The van der Waals surface area contributed by atoms with Crippen LogP contribution in [-0.4, -0.2) is 78.2 Å². The molecule has 1 aromatic carbocycles. The first-order valence-corrected chi connectivity index (χ1v) is 12.3. The van der Waals surface area contributed by atoms with E-state index in [4.69, 9.17) is 14.2 Å². The number of hydrogen-bond donors (Lipinski definition) is 2. The van der Waals surface area contributed by atoms with Crippen molar-refractivity contribution in [3.8, 4) is 22.8 Å². The largest absolute Gasteiger partial charge is 0.497 e. The normalized spacial score (nSPS) is 16.2. The first-order valence-electron chi connectivity index (χ1n) is 12.3. The van der Waals surface area contributed by atoms with Crippen molar-refractivity contribution in [3.05, 3.63) is 36.3 Å². The molecule has 190 valence electrons. The summed E-state index contributed by atoms with van der Waals surface area (Å²) in [5.74, 6) is 1.79. The van der Waals surface area contributed by atoms with Crippen molar-refractivity contribution in [3.63, 3.8) is 0 Å². The van der Waals surface area contributed by atoms with E-state index in [9.17, 15) is 9.59 Å². The third-order valence-electron chi connectivity index (χ3n) is 6.77. The molecule has 0 spiro atoms. The number of hydrogen-bond acceptors (Lipinski definition) is 7. The van der Waals surface area contributed by atoms with Crippen LogP contribution >= 0.6 is 0 Å². The number of carbonyl (C=O) groups excluding carboxylic acids is 2. The lowest BCUT2D eigenvalue weighted by molar-refractivity contribution is -0.136. The monoisotopic (exact) mass is 493 g/mol. The van der Waals surface area contributed by atoms with Crippen molar-refractivity contribution >= 4 is 22.8 Å². The molecule has 3 heterocycles. The number of ether oxygens (including phenoxy) is 3. The molecule has 1 aliphatic heterocycles. The van der Waals surface area contributed by atoms with Crippen molar-refractivity contribution in [2.45, 2.75) is 31.7 Å². The van der Waals surface area contributed by atoms with Gasteiger partial charge in [0.2, 0.25) is 5.91 Å². The Morgan fingerprint density at radius 1 is 1.14 bits per heavy atom. The summed E-state index contributed by atoms with van der Waals surface area (Å²) in [6.07, 6.45) is 6.90. The molecule has 2 aromatic heterocycles. The number of rotatable bonds is 9. The average molecular weight is 494 g/mol. The van der Waals surface area contributed by atoms with Gasteiger partial charge in [0, 0.05) is 38.0 Å². The van der Waals surface area contributed by atoms with Gasteiger partial charge in [0.15, 0.2) is 0 Å². The first-order chi connectivity index (χ1) is 17.6. The van der Waals surface area contributed by atoms with Gasteiger partial charge in [0.1, 0.15) is 35.6 Å².